The van der Waals surface area contributed by atoms with Crippen LogP contribution in [0.2, 0.25) is 0 Å². The van der Waals surface area contributed by atoms with E-state index in [1.165, 1.54) is 4.90 Å². The van der Waals surface area contributed by atoms with Crippen molar-refractivity contribution in [2.75, 3.05) is 19.6 Å². The molecule has 2 atom stereocenters. The molecule has 2 N–H and O–H groups in total. The van der Waals surface area contributed by atoms with Crippen molar-refractivity contribution in [1.29, 1.82) is 0 Å². The second-order valence-corrected chi connectivity index (χ2v) is 5.03. The van der Waals surface area contributed by atoms with Crippen LogP contribution in [0.3, 0.4) is 0 Å². The van der Waals surface area contributed by atoms with Crippen LogP contribution in [0.5, 0.6) is 0 Å². The number of carbonyl (C=O) groups is 1. The highest BCUT2D eigenvalue weighted by Gasteiger charge is 2.40. The van der Waals surface area contributed by atoms with E-state index in [4.69, 9.17) is 0 Å². The summed E-state index contributed by atoms with van der Waals surface area (Å²) < 4.78 is 37.7. The SMILES string of the molecule is O=C1CC(c2ccccc2)N(CC(O)C(F)(F)F)CCN1. The van der Waals surface area contributed by atoms with Crippen molar-refractivity contribution in [3.8, 4) is 0 Å². The number of β-amino-alcohol motifs (C(OH)–C–C–N with tert-alkyl or cyclic N) is 1. The maximum atomic E-state index is 12.6. The van der Waals surface area contributed by atoms with Crippen molar-refractivity contribution >= 4 is 5.91 Å². The Bertz CT molecular complexity index is 479. The van der Waals surface area contributed by atoms with Gasteiger partial charge in [0, 0.05) is 32.1 Å². The standard InChI is InChI=1S/C14H17F3N2O2/c15-14(16,17)12(20)9-19-7-6-18-13(21)8-11(19)10-4-2-1-3-5-10/h1-5,11-12,20H,6-9H2,(H,18,21). The van der Waals surface area contributed by atoms with Gasteiger partial charge in [-0.15, -0.1) is 0 Å². The summed E-state index contributed by atoms with van der Waals surface area (Å²) in [7, 11) is 0. The molecule has 0 saturated carbocycles. The van der Waals surface area contributed by atoms with E-state index in [1.807, 2.05) is 0 Å². The van der Waals surface area contributed by atoms with E-state index in [0.29, 0.717) is 0 Å². The molecule has 4 nitrogen and oxygen atoms in total. The molecule has 1 aromatic rings. The molecule has 0 aliphatic carbocycles. The molecular formula is C14H17F3N2O2. The smallest absolute Gasteiger partial charge is 0.382 e. The number of amides is 1. The molecule has 0 aromatic heterocycles. The first-order chi connectivity index (χ1) is 9.88. The molecule has 0 bridgehead atoms. The van der Waals surface area contributed by atoms with Gasteiger partial charge in [0.15, 0.2) is 6.10 Å². The van der Waals surface area contributed by atoms with E-state index in [0.717, 1.165) is 5.56 Å². The first kappa shape index (κ1) is 15.8. The van der Waals surface area contributed by atoms with E-state index in [1.54, 1.807) is 30.3 Å². The zero-order valence-electron chi connectivity index (χ0n) is 11.3. The summed E-state index contributed by atoms with van der Waals surface area (Å²) in [5.74, 6) is -0.201. The Morgan fingerprint density at radius 2 is 2.00 bits per heavy atom. The van der Waals surface area contributed by atoms with Gasteiger partial charge in [0.25, 0.3) is 0 Å². The molecule has 7 heteroatoms. The quantitative estimate of drug-likeness (QED) is 0.889. The van der Waals surface area contributed by atoms with Gasteiger partial charge < -0.3 is 10.4 Å². The van der Waals surface area contributed by atoms with Crippen molar-refractivity contribution in [2.45, 2.75) is 24.7 Å². The minimum Gasteiger partial charge on any atom is -0.382 e. The van der Waals surface area contributed by atoms with Crippen LogP contribution < -0.4 is 5.32 Å². The van der Waals surface area contributed by atoms with Gasteiger partial charge in [-0.2, -0.15) is 13.2 Å². The van der Waals surface area contributed by atoms with Crippen molar-refractivity contribution < 1.29 is 23.1 Å². The molecule has 2 unspecified atom stereocenters. The molecule has 1 saturated heterocycles. The average Bonchev–Trinajstić information content (AvgIpc) is 2.61. The van der Waals surface area contributed by atoms with Gasteiger partial charge in [0.1, 0.15) is 0 Å². The number of hydrogen-bond acceptors (Lipinski definition) is 3. The lowest BCUT2D eigenvalue weighted by atomic mass is 10.0. The average molecular weight is 302 g/mol. The number of carbonyl (C=O) groups excluding carboxylic acids is 1. The minimum absolute atomic E-state index is 0.0780. The zero-order chi connectivity index (χ0) is 15.5. The molecular weight excluding hydrogens is 285 g/mol. The fourth-order valence-electron chi connectivity index (χ4n) is 2.42. The van der Waals surface area contributed by atoms with E-state index in [9.17, 15) is 23.1 Å². The van der Waals surface area contributed by atoms with Crippen LogP contribution in [0.1, 0.15) is 18.0 Å². The Balaban J connectivity index is 2.20. The van der Waals surface area contributed by atoms with Gasteiger partial charge in [0.05, 0.1) is 0 Å². The molecule has 1 aliphatic heterocycles. The van der Waals surface area contributed by atoms with Crippen molar-refractivity contribution in [1.82, 2.24) is 10.2 Å². The molecule has 1 aromatic carbocycles. The second kappa shape index (κ2) is 6.44. The summed E-state index contributed by atoms with van der Waals surface area (Å²) in [6.45, 7) is -0.0107. The Morgan fingerprint density at radius 1 is 1.33 bits per heavy atom. The van der Waals surface area contributed by atoms with Crippen molar-refractivity contribution in [2.24, 2.45) is 0 Å². The lowest BCUT2D eigenvalue weighted by Gasteiger charge is -2.31. The zero-order valence-corrected chi connectivity index (χ0v) is 11.3. The highest BCUT2D eigenvalue weighted by Crippen LogP contribution is 2.28. The number of rotatable bonds is 3. The maximum absolute atomic E-state index is 12.6. The number of halogens is 3. The summed E-state index contributed by atoms with van der Waals surface area (Å²) in [4.78, 5) is 13.2. The lowest BCUT2D eigenvalue weighted by molar-refractivity contribution is -0.209. The maximum Gasteiger partial charge on any atom is 0.415 e. The summed E-state index contributed by atoms with van der Waals surface area (Å²) >= 11 is 0. The van der Waals surface area contributed by atoms with E-state index < -0.39 is 24.9 Å². The number of nitrogens with zero attached hydrogens (tertiary/aromatic N) is 1. The molecule has 1 amide bonds. The van der Waals surface area contributed by atoms with Gasteiger partial charge in [0.2, 0.25) is 5.91 Å². The van der Waals surface area contributed by atoms with E-state index >= 15 is 0 Å². The number of aliphatic hydroxyl groups excluding tert-OH is 1. The number of hydrogen-bond donors (Lipinski definition) is 2. The second-order valence-electron chi connectivity index (χ2n) is 5.03. The fraction of sp³-hybridized carbons (Fsp3) is 0.500. The summed E-state index contributed by atoms with van der Waals surface area (Å²) in [6.07, 6.45) is -7.00. The number of nitrogens with one attached hydrogen (secondary N) is 1. The lowest BCUT2D eigenvalue weighted by Crippen LogP contribution is -2.43. The van der Waals surface area contributed by atoms with Crippen LogP contribution in [0.15, 0.2) is 30.3 Å². The highest BCUT2D eigenvalue weighted by atomic mass is 19.4. The van der Waals surface area contributed by atoms with Crippen LogP contribution in [0, 0.1) is 0 Å². The summed E-state index contributed by atoms with van der Waals surface area (Å²) in [6, 6.07) is 8.43. The van der Waals surface area contributed by atoms with Crippen molar-refractivity contribution in [3.63, 3.8) is 0 Å². The predicted octanol–water partition coefficient (Wildman–Crippen LogP) is 1.47. The fourth-order valence-corrected chi connectivity index (χ4v) is 2.42. The third-order valence-corrected chi connectivity index (χ3v) is 3.51. The molecule has 1 fully saturated rings. The van der Waals surface area contributed by atoms with E-state index in [2.05, 4.69) is 5.32 Å². The van der Waals surface area contributed by atoms with Crippen LogP contribution in [-0.4, -0.2) is 47.8 Å². The highest BCUT2D eigenvalue weighted by molar-refractivity contribution is 5.77. The third-order valence-electron chi connectivity index (χ3n) is 3.51. The Labute approximate surface area is 120 Å². The minimum atomic E-state index is -4.66. The van der Waals surface area contributed by atoms with Gasteiger partial charge in [-0.25, -0.2) is 0 Å². The molecule has 1 aliphatic rings. The van der Waals surface area contributed by atoms with Gasteiger partial charge in [-0.3, -0.25) is 9.69 Å². The Kier molecular flexibility index (Phi) is 4.84. The van der Waals surface area contributed by atoms with Crippen LogP contribution >= 0.6 is 0 Å². The topological polar surface area (TPSA) is 52.6 Å². The van der Waals surface area contributed by atoms with Crippen molar-refractivity contribution in [3.05, 3.63) is 35.9 Å². The summed E-state index contributed by atoms with van der Waals surface area (Å²) in [5.41, 5.74) is 0.768. The monoisotopic (exact) mass is 302 g/mol. The van der Waals surface area contributed by atoms with Gasteiger partial charge in [-0.05, 0) is 5.56 Å². The Hall–Kier alpha value is -1.60. The molecule has 2 rings (SSSR count). The first-order valence-corrected chi connectivity index (χ1v) is 6.68. The Morgan fingerprint density at radius 3 is 2.62 bits per heavy atom. The normalized spacial score (nSPS) is 22.5. The van der Waals surface area contributed by atoms with Gasteiger partial charge in [-0.1, -0.05) is 30.3 Å². The molecule has 0 spiro atoms. The number of aliphatic hydroxyl groups is 1. The predicted molar refractivity (Wildman–Crippen MR) is 70.4 cm³/mol. The number of benzene rings is 1. The van der Waals surface area contributed by atoms with E-state index in [-0.39, 0.29) is 25.4 Å². The molecule has 0 radical (unpaired) electrons. The van der Waals surface area contributed by atoms with Crippen LogP contribution in [0.4, 0.5) is 13.2 Å². The summed E-state index contributed by atoms with van der Waals surface area (Å²) in [5, 5.41) is 11.9. The molecule has 21 heavy (non-hydrogen) atoms. The van der Waals surface area contributed by atoms with Crippen LogP contribution in [-0.2, 0) is 4.79 Å². The molecule has 116 valence electrons. The third kappa shape index (κ3) is 4.18. The van der Waals surface area contributed by atoms with Gasteiger partial charge >= 0.3 is 6.18 Å². The van der Waals surface area contributed by atoms with Crippen LogP contribution in [0.25, 0.3) is 0 Å². The molecule has 1 heterocycles. The number of alkyl halides is 3. The largest absolute Gasteiger partial charge is 0.415 e. The first-order valence-electron chi connectivity index (χ1n) is 6.68.